The largest absolute Gasteiger partial charge is 0.456 e. The second kappa shape index (κ2) is 6.39. The first-order valence-electron chi connectivity index (χ1n) is 6.91. The minimum absolute atomic E-state index is 0.316. The lowest BCUT2D eigenvalue weighted by molar-refractivity contribution is 0.00696. The van der Waals surface area contributed by atoms with Crippen LogP contribution in [0.1, 0.15) is 36.8 Å². The van der Waals surface area contributed by atoms with E-state index in [0.717, 1.165) is 11.4 Å². The minimum atomic E-state index is -0.492. The fourth-order valence-corrected chi connectivity index (χ4v) is 1.79. The van der Waals surface area contributed by atoms with Crippen molar-refractivity contribution >= 4 is 11.7 Å². The van der Waals surface area contributed by atoms with Crippen LogP contribution in [0.4, 0.5) is 5.69 Å². The number of carbonyl (C=O) groups excluding carboxylic acids is 1. The van der Waals surface area contributed by atoms with Gasteiger partial charge in [-0.1, -0.05) is 12.1 Å². The predicted octanol–water partition coefficient (Wildman–Crippen LogP) is 3.65. The van der Waals surface area contributed by atoms with E-state index in [9.17, 15) is 4.79 Å². The fraction of sp³-hybridized carbons (Fsp3) is 0.294. The first-order chi connectivity index (χ1) is 9.94. The summed E-state index contributed by atoms with van der Waals surface area (Å²) in [6.07, 6.45) is 1.76. The van der Waals surface area contributed by atoms with Crippen LogP contribution in [-0.2, 0) is 11.3 Å². The van der Waals surface area contributed by atoms with E-state index < -0.39 is 5.60 Å². The average Bonchev–Trinajstić information content (AvgIpc) is 2.45. The number of carbonyl (C=O) groups is 1. The van der Waals surface area contributed by atoms with E-state index in [1.807, 2.05) is 51.1 Å². The number of esters is 1. The first-order valence-corrected chi connectivity index (χ1v) is 6.91. The van der Waals surface area contributed by atoms with Crippen molar-refractivity contribution in [2.75, 3.05) is 5.32 Å². The first kappa shape index (κ1) is 15.0. The third-order valence-corrected chi connectivity index (χ3v) is 2.70. The van der Waals surface area contributed by atoms with Crippen molar-refractivity contribution in [3.05, 3.63) is 59.9 Å². The number of pyridine rings is 1. The molecule has 0 saturated heterocycles. The summed E-state index contributed by atoms with van der Waals surface area (Å²) in [7, 11) is 0. The van der Waals surface area contributed by atoms with Crippen LogP contribution < -0.4 is 5.32 Å². The van der Waals surface area contributed by atoms with E-state index >= 15 is 0 Å². The van der Waals surface area contributed by atoms with Gasteiger partial charge in [-0.3, -0.25) is 4.98 Å². The number of hydrogen-bond donors (Lipinski definition) is 1. The van der Waals surface area contributed by atoms with Gasteiger partial charge in [0, 0.05) is 11.9 Å². The zero-order valence-electron chi connectivity index (χ0n) is 12.6. The molecule has 110 valence electrons. The summed E-state index contributed by atoms with van der Waals surface area (Å²) in [5, 5.41) is 3.25. The molecule has 0 radical (unpaired) electrons. The molecule has 0 spiro atoms. The molecule has 0 saturated carbocycles. The Labute approximate surface area is 125 Å². The summed E-state index contributed by atoms with van der Waals surface area (Å²) < 4.78 is 5.36. The normalized spacial score (nSPS) is 11.0. The third kappa shape index (κ3) is 4.91. The van der Waals surface area contributed by atoms with Crippen LogP contribution in [0.3, 0.4) is 0 Å². The molecule has 0 aliphatic carbocycles. The Bertz CT molecular complexity index is 604. The average molecular weight is 284 g/mol. The second-order valence-corrected chi connectivity index (χ2v) is 5.76. The SMILES string of the molecule is CC(C)(C)OC(=O)c1cccc(NCc2ccccn2)c1. The zero-order chi connectivity index (χ0) is 15.3. The number of aromatic nitrogens is 1. The molecule has 0 aliphatic rings. The Morgan fingerprint density at radius 3 is 2.67 bits per heavy atom. The van der Waals surface area contributed by atoms with Crippen LogP contribution in [0, 0.1) is 0 Å². The highest BCUT2D eigenvalue weighted by Gasteiger charge is 2.17. The number of hydrogen-bond acceptors (Lipinski definition) is 4. The van der Waals surface area contributed by atoms with Gasteiger partial charge in [-0.05, 0) is 51.1 Å². The molecule has 0 amide bonds. The van der Waals surface area contributed by atoms with E-state index in [1.165, 1.54) is 0 Å². The molecule has 2 aromatic rings. The van der Waals surface area contributed by atoms with E-state index in [0.29, 0.717) is 12.1 Å². The lowest BCUT2D eigenvalue weighted by Gasteiger charge is -2.19. The quantitative estimate of drug-likeness (QED) is 0.871. The Kier molecular flexibility index (Phi) is 4.58. The zero-order valence-corrected chi connectivity index (χ0v) is 12.6. The van der Waals surface area contributed by atoms with Crippen LogP contribution in [0.5, 0.6) is 0 Å². The highest BCUT2D eigenvalue weighted by Crippen LogP contribution is 2.16. The summed E-state index contributed by atoms with van der Waals surface area (Å²) >= 11 is 0. The van der Waals surface area contributed by atoms with Crippen LogP contribution in [-0.4, -0.2) is 16.6 Å². The van der Waals surface area contributed by atoms with E-state index in [1.54, 1.807) is 18.3 Å². The molecule has 1 N–H and O–H groups in total. The maximum atomic E-state index is 12.0. The Morgan fingerprint density at radius 2 is 2.00 bits per heavy atom. The Balaban J connectivity index is 2.02. The van der Waals surface area contributed by atoms with Gasteiger partial charge in [0.2, 0.25) is 0 Å². The number of nitrogens with zero attached hydrogens (tertiary/aromatic N) is 1. The maximum absolute atomic E-state index is 12.0. The summed E-state index contributed by atoms with van der Waals surface area (Å²) in [6, 6.07) is 13.1. The molecule has 4 heteroatoms. The van der Waals surface area contributed by atoms with Crippen molar-refractivity contribution in [2.24, 2.45) is 0 Å². The predicted molar refractivity (Wildman–Crippen MR) is 83.2 cm³/mol. The smallest absolute Gasteiger partial charge is 0.338 e. The van der Waals surface area contributed by atoms with Crippen LogP contribution in [0.25, 0.3) is 0 Å². The summed E-state index contributed by atoms with van der Waals surface area (Å²) in [6.45, 7) is 6.18. The summed E-state index contributed by atoms with van der Waals surface area (Å²) in [4.78, 5) is 16.3. The molecule has 1 aromatic carbocycles. The van der Waals surface area contributed by atoms with Gasteiger partial charge in [0.25, 0.3) is 0 Å². The molecular weight excluding hydrogens is 264 g/mol. The van der Waals surface area contributed by atoms with Crippen molar-refractivity contribution in [3.63, 3.8) is 0 Å². The number of nitrogens with one attached hydrogen (secondary N) is 1. The molecule has 0 fully saturated rings. The molecule has 1 heterocycles. The maximum Gasteiger partial charge on any atom is 0.338 e. The summed E-state index contributed by atoms with van der Waals surface area (Å²) in [5.74, 6) is -0.316. The molecule has 21 heavy (non-hydrogen) atoms. The lowest BCUT2D eigenvalue weighted by Crippen LogP contribution is -2.23. The number of rotatable bonds is 4. The Hall–Kier alpha value is -2.36. The topological polar surface area (TPSA) is 51.2 Å². The van der Waals surface area contributed by atoms with Gasteiger partial charge in [0.05, 0.1) is 17.8 Å². The van der Waals surface area contributed by atoms with Crippen LogP contribution in [0.2, 0.25) is 0 Å². The van der Waals surface area contributed by atoms with Gasteiger partial charge in [-0.15, -0.1) is 0 Å². The monoisotopic (exact) mass is 284 g/mol. The Morgan fingerprint density at radius 1 is 1.19 bits per heavy atom. The molecule has 1 aromatic heterocycles. The van der Waals surface area contributed by atoms with Crippen molar-refractivity contribution in [1.29, 1.82) is 0 Å². The lowest BCUT2D eigenvalue weighted by atomic mass is 10.1. The van der Waals surface area contributed by atoms with E-state index in [4.69, 9.17) is 4.74 Å². The fourth-order valence-electron chi connectivity index (χ4n) is 1.79. The van der Waals surface area contributed by atoms with Gasteiger partial charge >= 0.3 is 5.97 Å². The van der Waals surface area contributed by atoms with E-state index in [-0.39, 0.29) is 5.97 Å². The van der Waals surface area contributed by atoms with Gasteiger partial charge < -0.3 is 10.1 Å². The van der Waals surface area contributed by atoms with Crippen LogP contribution in [0.15, 0.2) is 48.7 Å². The third-order valence-electron chi connectivity index (χ3n) is 2.70. The number of ether oxygens (including phenoxy) is 1. The van der Waals surface area contributed by atoms with Crippen molar-refractivity contribution in [3.8, 4) is 0 Å². The van der Waals surface area contributed by atoms with Gasteiger partial charge in [-0.25, -0.2) is 4.79 Å². The molecular formula is C17H20N2O2. The van der Waals surface area contributed by atoms with Gasteiger partial charge in [0.1, 0.15) is 5.60 Å². The molecule has 4 nitrogen and oxygen atoms in total. The highest BCUT2D eigenvalue weighted by atomic mass is 16.6. The second-order valence-electron chi connectivity index (χ2n) is 5.76. The van der Waals surface area contributed by atoms with Gasteiger partial charge in [0.15, 0.2) is 0 Å². The molecule has 0 bridgehead atoms. The van der Waals surface area contributed by atoms with Crippen molar-refractivity contribution in [1.82, 2.24) is 4.98 Å². The highest BCUT2D eigenvalue weighted by molar-refractivity contribution is 5.90. The minimum Gasteiger partial charge on any atom is -0.456 e. The van der Waals surface area contributed by atoms with E-state index in [2.05, 4.69) is 10.3 Å². The number of benzene rings is 1. The van der Waals surface area contributed by atoms with Gasteiger partial charge in [-0.2, -0.15) is 0 Å². The molecule has 0 unspecified atom stereocenters. The molecule has 0 atom stereocenters. The van der Waals surface area contributed by atoms with Crippen LogP contribution >= 0.6 is 0 Å². The van der Waals surface area contributed by atoms with Crippen molar-refractivity contribution < 1.29 is 9.53 Å². The summed E-state index contributed by atoms with van der Waals surface area (Å²) in [5.41, 5.74) is 1.86. The van der Waals surface area contributed by atoms with Crippen molar-refractivity contribution in [2.45, 2.75) is 32.9 Å². The standard InChI is InChI=1S/C17H20N2O2/c1-17(2,3)21-16(20)13-7-6-9-14(11-13)19-12-15-8-4-5-10-18-15/h4-11,19H,12H2,1-3H3. The molecule has 2 rings (SSSR count). The number of anilines is 1. The molecule has 0 aliphatic heterocycles.